The Balaban J connectivity index is 2.46. The molecule has 1 fully saturated rings. The Kier molecular flexibility index (Phi) is 4.54. The molecule has 0 spiro atoms. The molecule has 1 rings (SSSR count). The lowest BCUT2D eigenvalue weighted by Crippen LogP contribution is -2.46. The summed E-state index contributed by atoms with van der Waals surface area (Å²) < 4.78 is 5.43. The van der Waals surface area contributed by atoms with Crippen LogP contribution in [-0.4, -0.2) is 36.9 Å². The molecule has 1 aliphatic rings. The Morgan fingerprint density at radius 3 is 2.80 bits per heavy atom. The van der Waals surface area contributed by atoms with Crippen LogP contribution in [0.1, 0.15) is 33.1 Å². The molecule has 0 aliphatic carbocycles. The van der Waals surface area contributed by atoms with Crippen molar-refractivity contribution in [1.29, 1.82) is 0 Å². The van der Waals surface area contributed by atoms with Gasteiger partial charge in [0.1, 0.15) is 0 Å². The molecular formula is C11H21NO3. The summed E-state index contributed by atoms with van der Waals surface area (Å²) in [5, 5.41) is 12.4. The van der Waals surface area contributed by atoms with Crippen LogP contribution in [0.15, 0.2) is 0 Å². The SMILES string of the molecule is CC(C)OCCC1(C(=O)O)CCCNC1. The second-order valence-electron chi connectivity index (χ2n) is 4.54. The lowest BCUT2D eigenvalue weighted by molar-refractivity contribution is -0.151. The highest BCUT2D eigenvalue weighted by Gasteiger charge is 2.39. The summed E-state index contributed by atoms with van der Waals surface area (Å²) in [6, 6.07) is 0. The minimum Gasteiger partial charge on any atom is -0.481 e. The summed E-state index contributed by atoms with van der Waals surface area (Å²) in [5.41, 5.74) is -0.604. The maximum atomic E-state index is 11.3. The van der Waals surface area contributed by atoms with Crippen molar-refractivity contribution in [3.05, 3.63) is 0 Å². The van der Waals surface area contributed by atoms with Gasteiger partial charge in [0.2, 0.25) is 0 Å². The molecule has 0 bridgehead atoms. The fourth-order valence-electron chi connectivity index (χ4n) is 1.96. The van der Waals surface area contributed by atoms with Gasteiger partial charge < -0.3 is 15.2 Å². The van der Waals surface area contributed by atoms with E-state index in [9.17, 15) is 9.90 Å². The quantitative estimate of drug-likeness (QED) is 0.724. The Morgan fingerprint density at radius 1 is 1.60 bits per heavy atom. The van der Waals surface area contributed by atoms with E-state index in [1.54, 1.807) is 0 Å². The molecule has 0 aromatic heterocycles. The second kappa shape index (κ2) is 5.47. The molecule has 0 aromatic carbocycles. The maximum absolute atomic E-state index is 11.3. The molecule has 0 radical (unpaired) electrons. The van der Waals surface area contributed by atoms with Gasteiger partial charge in [-0.1, -0.05) is 0 Å². The normalized spacial score (nSPS) is 26.9. The summed E-state index contributed by atoms with van der Waals surface area (Å²) in [7, 11) is 0. The van der Waals surface area contributed by atoms with Gasteiger partial charge in [-0.2, -0.15) is 0 Å². The number of nitrogens with one attached hydrogen (secondary N) is 1. The summed E-state index contributed by atoms with van der Waals surface area (Å²) in [4.78, 5) is 11.3. The summed E-state index contributed by atoms with van der Waals surface area (Å²) in [5.74, 6) is -0.693. The van der Waals surface area contributed by atoms with Crippen LogP contribution in [-0.2, 0) is 9.53 Å². The minimum atomic E-state index is -0.693. The standard InChI is InChI=1S/C11H21NO3/c1-9(2)15-7-5-11(10(13)14)4-3-6-12-8-11/h9,12H,3-8H2,1-2H3,(H,13,14). The van der Waals surface area contributed by atoms with Crippen LogP contribution < -0.4 is 5.32 Å². The predicted molar refractivity (Wildman–Crippen MR) is 57.9 cm³/mol. The fourth-order valence-corrected chi connectivity index (χ4v) is 1.96. The van der Waals surface area contributed by atoms with Crippen molar-refractivity contribution in [3.8, 4) is 0 Å². The average molecular weight is 215 g/mol. The molecule has 0 aromatic rings. The molecule has 0 saturated carbocycles. The van der Waals surface area contributed by atoms with Crippen molar-refractivity contribution >= 4 is 5.97 Å². The van der Waals surface area contributed by atoms with Gasteiger partial charge in [0.25, 0.3) is 0 Å². The van der Waals surface area contributed by atoms with Gasteiger partial charge in [0.15, 0.2) is 0 Å². The monoisotopic (exact) mass is 215 g/mol. The van der Waals surface area contributed by atoms with E-state index in [1.165, 1.54) is 0 Å². The first kappa shape index (κ1) is 12.5. The first-order valence-corrected chi connectivity index (χ1v) is 5.62. The molecule has 1 atom stereocenters. The number of carboxylic acids is 1. The van der Waals surface area contributed by atoms with Crippen LogP contribution >= 0.6 is 0 Å². The van der Waals surface area contributed by atoms with Crippen molar-refractivity contribution in [1.82, 2.24) is 5.32 Å². The topological polar surface area (TPSA) is 58.6 Å². The van der Waals surface area contributed by atoms with Gasteiger partial charge >= 0.3 is 5.97 Å². The van der Waals surface area contributed by atoms with Gasteiger partial charge in [-0.3, -0.25) is 4.79 Å². The summed E-state index contributed by atoms with van der Waals surface area (Å²) in [6.45, 7) is 5.97. The van der Waals surface area contributed by atoms with E-state index in [-0.39, 0.29) is 6.10 Å². The van der Waals surface area contributed by atoms with Crippen LogP contribution in [0.4, 0.5) is 0 Å². The third kappa shape index (κ3) is 3.47. The van der Waals surface area contributed by atoms with Crippen LogP contribution in [0.3, 0.4) is 0 Å². The van der Waals surface area contributed by atoms with E-state index >= 15 is 0 Å². The molecule has 1 aliphatic heterocycles. The molecule has 4 heteroatoms. The lowest BCUT2D eigenvalue weighted by atomic mass is 9.78. The van der Waals surface area contributed by atoms with E-state index in [2.05, 4.69) is 5.32 Å². The molecule has 2 N–H and O–H groups in total. The van der Waals surface area contributed by atoms with Gasteiger partial charge in [-0.25, -0.2) is 0 Å². The largest absolute Gasteiger partial charge is 0.481 e. The van der Waals surface area contributed by atoms with Crippen LogP contribution in [0.5, 0.6) is 0 Å². The number of carbonyl (C=O) groups is 1. The molecule has 15 heavy (non-hydrogen) atoms. The number of aliphatic carboxylic acids is 1. The Labute approximate surface area is 91.0 Å². The average Bonchev–Trinajstić information content (AvgIpc) is 2.18. The zero-order valence-electron chi connectivity index (χ0n) is 9.58. The van der Waals surface area contributed by atoms with Crippen molar-refractivity contribution in [3.63, 3.8) is 0 Å². The second-order valence-corrected chi connectivity index (χ2v) is 4.54. The van der Waals surface area contributed by atoms with Gasteiger partial charge in [-0.05, 0) is 39.7 Å². The fraction of sp³-hybridized carbons (Fsp3) is 0.909. The van der Waals surface area contributed by atoms with Crippen LogP contribution in [0.25, 0.3) is 0 Å². The molecule has 4 nitrogen and oxygen atoms in total. The first-order chi connectivity index (χ1) is 7.07. The Bertz CT molecular complexity index is 210. The Hall–Kier alpha value is -0.610. The maximum Gasteiger partial charge on any atom is 0.311 e. The molecule has 88 valence electrons. The smallest absolute Gasteiger partial charge is 0.311 e. The van der Waals surface area contributed by atoms with E-state index in [0.29, 0.717) is 19.6 Å². The number of hydrogen-bond acceptors (Lipinski definition) is 3. The highest BCUT2D eigenvalue weighted by atomic mass is 16.5. The first-order valence-electron chi connectivity index (χ1n) is 5.62. The molecule has 1 heterocycles. The van der Waals surface area contributed by atoms with Crippen molar-refractivity contribution < 1.29 is 14.6 Å². The van der Waals surface area contributed by atoms with E-state index < -0.39 is 11.4 Å². The van der Waals surface area contributed by atoms with Crippen molar-refractivity contribution in [2.45, 2.75) is 39.2 Å². The van der Waals surface area contributed by atoms with Crippen LogP contribution in [0.2, 0.25) is 0 Å². The highest BCUT2D eigenvalue weighted by molar-refractivity contribution is 5.75. The molecule has 1 unspecified atom stereocenters. The molecular weight excluding hydrogens is 194 g/mol. The number of piperidine rings is 1. The van der Waals surface area contributed by atoms with Gasteiger partial charge in [0.05, 0.1) is 11.5 Å². The number of hydrogen-bond donors (Lipinski definition) is 2. The summed E-state index contributed by atoms with van der Waals surface area (Å²) >= 11 is 0. The number of carboxylic acid groups (broad SMARTS) is 1. The number of rotatable bonds is 5. The molecule has 0 amide bonds. The predicted octanol–water partition coefficient (Wildman–Crippen LogP) is 1.26. The lowest BCUT2D eigenvalue weighted by Gasteiger charge is -2.33. The Morgan fingerprint density at radius 2 is 2.33 bits per heavy atom. The van der Waals surface area contributed by atoms with Gasteiger partial charge in [-0.15, -0.1) is 0 Å². The van der Waals surface area contributed by atoms with Gasteiger partial charge in [0, 0.05) is 13.2 Å². The highest BCUT2D eigenvalue weighted by Crippen LogP contribution is 2.30. The zero-order valence-corrected chi connectivity index (χ0v) is 9.58. The van der Waals surface area contributed by atoms with Crippen LogP contribution in [0, 0.1) is 5.41 Å². The third-order valence-corrected chi connectivity index (χ3v) is 2.96. The molecule has 1 saturated heterocycles. The zero-order chi connectivity index (χ0) is 11.3. The van der Waals surface area contributed by atoms with E-state index in [1.807, 2.05) is 13.8 Å². The van der Waals surface area contributed by atoms with E-state index in [4.69, 9.17) is 4.74 Å². The van der Waals surface area contributed by atoms with Crippen molar-refractivity contribution in [2.75, 3.05) is 19.7 Å². The number of ether oxygens (including phenoxy) is 1. The third-order valence-electron chi connectivity index (χ3n) is 2.96. The summed E-state index contributed by atoms with van der Waals surface area (Å²) in [6.07, 6.45) is 2.48. The van der Waals surface area contributed by atoms with E-state index in [0.717, 1.165) is 19.4 Å². The van der Waals surface area contributed by atoms with Crippen molar-refractivity contribution in [2.24, 2.45) is 5.41 Å². The minimum absolute atomic E-state index is 0.174.